The number of amides is 2. The summed E-state index contributed by atoms with van der Waals surface area (Å²) in [5, 5.41) is 5.37. The van der Waals surface area contributed by atoms with E-state index in [1.54, 1.807) is 48.5 Å². The van der Waals surface area contributed by atoms with Gasteiger partial charge in [-0.3, -0.25) is 19.2 Å². The lowest BCUT2D eigenvalue weighted by Gasteiger charge is -2.34. The van der Waals surface area contributed by atoms with Gasteiger partial charge in [-0.15, -0.1) is 0 Å². The Bertz CT molecular complexity index is 1990. The van der Waals surface area contributed by atoms with Crippen LogP contribution in [0.15, 0.2) is 72.8 Å². The zero-order chi connectivity index (χ0) is 34.9. The normalized spacial score (nSPS) is 18.3. The Morgan fingerprint density at radius 3 is 2.28 bits per heavy atom. The van der Waals surface area contributed by atoms with Crippen LogP contribution in [0.2, 0.25) is 0 Å². The molecule has 4 N–H and O–H groups in total. The smallest absolute Gasteiger partial charge is 0.320 e. The predicted molar refractivity (Wildman–Crippen MR) is 180 cm³/mol. The van der Waals surface area contributed by atoms with Gasteiger partial charge in [0.1, 0.15) is 6.42 Å². The van der Waals surface area contributed by atoms with Gasteiger partial charge >= 0.3 is 11.9 Å². The Kier molecular flexibility index (Phi) is 8.62. The first kappa shape index (κ1) is 32.3. The number of rotatable bonds is 9. The maximum Gasteiger partial charge on any atom is 0.320 e. The molecule has 3 atom stereocenters. The molecular formula is C37H33N3O10. The van der Waals surface area contributed by atoms with E-state index >= 15 is 0 Å². The lowest BCUT2D eigenvalue weighted by atomic mass is 9.67. The van der Waals surface area contributed by atoms with Crippen molar-refractivity contribution in [3.05, 3.63) is 95.1 Å². The topological polar surface area (TPSA) is 174 Å². The third kappa shape index (κ3) is 6.20. The van der Waals surface area contributed by atoms with E-state index in [9.17, 15) is 19.2 Å². The number of cyclic esters (lactones) is 1. The molecule has 13 nitrogen and oxygen atoms in total. The molecule has 0 spiro atoms. The molecule has 0 saturated carbocycles. The standard InChI is InChI=1S/C37H33N3O10/c1-45-29-13-21(33-24-15-28-27(48-18-49-28)12-20(24)11-22-17-47-37(44)34(22)33)14-30(46-2)35(29)50-32(42)16-31(41)39-23-9-7-19(8-10-23)36(43)40-26-6-4-3-5-25(26)38/h3-10,12-15,22,33-34H,11,16-18,38H2,1-2H3,(H,39,41)(H,40,43)/t22-,33+,34-/m0/s1. The van der Waals surface area contributed by atoms with Crippen LogP contribution in [-0.2, 0) is 25.5 Å². The maximum absolute atomic E-state index is 13.0. The summed E-state index contributed by atoms with van der Waals surface area (Å²) < 4.78 is 33.7. The molecule has 256 valence electrons. The van der Waals surface area contributed by atoms with Crippen molar-refractivity contribution < 1.29 is 47.6 Å². The number of para-hydroxylation sites is 2. The van der Waals surface area contributed by atoms with Crippen LogP contribution in [0, 0.1) is 11.8 Å². The first-order valence-corrected chi connectivity index (χ1v) is 15.8. The van der Waals surface area contributed by atoms with Crippen LogP contribution >= 0.6 is 0 Å². The predicted octanol–water partition coefficient (Wildman–Crippen LogP) is 4.68. The van der Waals surface area contributed by atoms with E-state index in [4.69, 9.17) is 34.2 Å². The summed E-state index contributed by atoms with van der Waals surface area (Å²) >= 11 is 0. The summed E-state index contributed by atoms with van der Waals surface area (Å²) in [6, 6.07) is 20.3. The minimum Gasteiger partial charge on any atom is -0.493 e. The molecule has 0 radical (unpaired) electrons. The fraction of sp³-hybridized carbons (Fsp3) is 0.243. The van der Waals surface area contributed by atoms with Gasteiger partial charge in [0, 0.05) is 23.1 Å². The van der Waals surface area contributed by atoms with Gasteiger partial charge in [0.05, 0.1) is 38.1 Å². The SMILES string of the molecule is COc1cc([C@@H]2c3cc4c(cc3C[C@H]3COC(=O)[C@@H]32)OCO4)cc(OC)c1OC(=O)CC(=O)Nc1ccc(C(=O)Nc2ccccc2N)cc1. The zero-order valence-electron chi connectivity index (χ0n) is 27.1. The number of carbonyl (C=O) groups is 4. The van der Waals surface area contributed by atoms with Crippen LogP contribution in [0.5, 0.6) is 28.7 Å². The number of anilines is 3. The van der Waals surface area contributed by atoms with Gasteiger partial charge in [-0.2, -0.15) is 0 Å². The van der Waals surface area contributed by atoms with E-state index in [0.717, 1.165) is 11.1 Å². The minimum absolute atomic E-state index is 0.0155. The molecule has 1 aliphatic carbocycles. The number of methoxy groups -OCH3 is 2. The summed E-state index contributed by atoms with van der Waals surface area (Å²) in [7, 11) is 2.83. The third-order valence-electron chi connectivity index (χ3n) is 9.03. The molecule has 0 unspecified atom stereocenters. The average molecular weight is 680 g/mol. The molecule has 4 aromatic carbocycles. The lowest BCUT2D eigenvalue weighted by molar-refractivity contribution is -0.141. The van der Waals surface area contributed by atoms with Crippen molar-refractivity contribution >= 4 is 40.8 Å². The first-order valence-electron chi connectivity index (χ1n) is 15.8. The molecule has 1 saturated heterocycles. The van der Waals surface area contributed by atoms with Gasteiger partial charge in [0.15, 0.2) is 23.0 Å². The van der Waals surface area contributed by atoms with Crippen molar-refractivity contribution in [3.63, 3.8) is 0 Å². The van der Waals surface area contributed by atoms with E-state index < -0.39 is 30.1 Å². The molecule has 2 heterocycles. The number of benzene rings is 4. The van der Waals surface area contributed by atoms with Gasteiger partial charge in [-0.1, -0.05) is 12.1 Å². The van der Waals surface area contributed by atoms with Crippen LogP contribution in [0.4, 0.5) is 17.1 Å². The third-order valence-corrected chi connectivity index (χ3v) is 9.03. The highest BCUT2D eigenvalue weighted by atomic mass is 16.7. The second kappa shape index (κ2) is 13.3. The number of nitrogens with two attached hydrogens (primary N) is 1. The molecule has 3 aliphatic rings. The Morgan fingerprint density at radius 2 is 1.58 bits per heavy atom. The van der Waals surface area contributed by atoms with Crippen molar-refractivity contribution in [2.45, 2.75) is 18.8 Å². The number of nitrogen functional groups attached to an aromatic ring is 1. The molecule has 4 aromatic rings. The Labute approximate surface area is 286 Å². The summed E-state index contributed by atoms with van der Waals surface area (Å²) in [5.41, 5.74) is 10.1. The van der Waals surface area contributed by atoms with Crippen LogP contribution < -0.4 is 40.1 Å². The van der Waals surface area contributed by atoms with Gasteiger partial charge in [-0.25, -0.2) is 0 Å². The second-order valence-corrected chi connectivity index (χ2v) is 12.1. The van der Waals surface area contributed by atoms with Gasteiger partial charge in [-0.05, 0) is 83.8 Å². The first-order chi connectivity index (χ1) is 24.2. The molecule has 0 aromatic heterocycles. The zero-order valence-corrected chi connectivity index (χ0v) is 27.1. The lowest BCUT2D eigenvalue weighted by Crippen LogP contribution is -2.31. The van der Waals surface area contributed by atoms with Gasteiger partial charge in [0.2, 0.25) is 18.4 Å². The highest BCUT2D eigenvalue weighted by Crippen LogP contribution is 2.52. The van der Waals surface area contributed by atoms with E-state index in [1.807, 2.05) is 12.1 Å². The molecule has 2 aliphatic heterocycles. The van der Waals surface area contributed by atoms with Gasteiger partial charge < -0.3 is 44.8 Å². The van der Waals surface area contributed by atoms with Crippen LogP contribution in [0.25, 0.3) is 0 Å². The van der Waals surface area contributed by atoms with Crippen LogP contribution in [-0.4, -0.2) is 51.4 Å². The van der Waals surface area contributed by atoms with E-state index in [-0.39, 0.29) is 41.8 Å². The van der Waals surface area contributed by atoms with Crippen LogP contribution in [0.3, 0.4) is 0 Å². The summed E-state index contributed by atoms with van der Waals surface area (Å²) in [5.74, 6) is -1.52. The largest absolute Gasteiger partial charge is 0.493 e. The number of hydrogen-bond acceptors (Lipinski definition) is 11. The quantitative estimate of drug-likeness (QED) is 0.0970. The minimum atomic E-state index is -0.863. The highest BCUT2D eigenvalue weighted by molar-refractivity contribution is 6.06. The van der Waals surface area contributed by atoms with Crippen LogP contribution in [0.1, 0.15) is 39.4 Å². The second-order valence-electron chi connectivity index (χ2n) is 12.1. The molecular weight excluding hydrogens is 646 g/mol. The molecule has 2 amide bonds. The fourth-order valence-electron chi connectivity index (χ4n) is 6.68. The molecule has 13 heteroatoms. The number of hydrogen-bond donors (Lipinski definition) is 3. The number of nitrogens with one attached hydrogen (secondary N) is 2. The van der Waals surface area contributed by atoms with Crippen molar-refractivity contribution in [1.82, 2.24) is 0 Å². The fourth-order valence-corrected chi connectivity index (χ4v) is 6.68. The average Bonchev–Trinajstić information content (AvgIpc) is 3.73. The summed E-state index contributed by atoms with van der Waals surface area (Å²) in [6.45, 7) is 0.428. The van der Waals surface area contributed by atoms with Crippen molar-refractivity contribution in [1.29, 1.82) is 0 Å². The van der Waals surface area contributed by atoms with Crippen molar-refractivity contribution in [2.75, 3.05) is 44.0 Å². The number of carbonyl (C=O) groups excluding carboxylic acids is 4. The number of fused-ring (bicyclic) bond motifs is 3. The Balaban J connectivity index is 1.06. The summed E-state index contributed by atoms with van der Waals surface area (Å²) in [6.07, 6.45) is 0.0244. The maximum atomic E-state index is 13.0. The summed E-state index contributed by atoms with van der Waals surface area (Å²) in [4.78, 5) is 51.5. The van der Waals surface area contributed by atoms with E-state index in [1.165, 1.54) is 26.4 Å². The monoisotopic (exact) mass is 679 g/mol. The Morgan fingerprint density at radius 1 is 0.880 bits per heavy atom. The van der Waals surface area contributed by atoms with Crippen molar-refractivity contribution in [2.24, 2.45) is 11.8 Å². The van der Waals surface area contributed by atoms with Crippen molar-refractivity contribution in [3.8, 4) is 28.7 Å². The molecule has 0 bridgehead atoms. The number of esters is 2. The van der Waals surface area contributed by atoms with E-state index in [0.29, 0.717) is 52.7 Å². The molecule has 50 heavy (non-hydrogen) atoms. The molecule has 1 fully saturated rings. The molecule has 7 rings (SSSR count). The Hall–Kier alpha value is -6.24. The highest BCUT2D eigenvalue weighted by Gasteiger charge is 2.48. The number of ether oxygens (including phenoxy) is 6. The van der Waals surface area contributed by atoms with E-state index in [2.05, 4.69) is 10.6 Å². The van der Waals surface area contributed by atoms with Gasteiger partial charge in [0.25, 0.3) is 5.91 Å².